The van der Waals surface area contributed by atoms with Crippen molar-refractivity contribution in [1.82, 2.24) is 10.2 Å². The SMILES string of the molecule is CC(C)CC(=O)NC(C(=O)N1CC[C@@H](O)C1)C(C)(C)C. The Morgan fingerprint density at radius 3 is 2.35 bits per heavy atom. The van der Waals surface area contributed by atoms with Gasteiger partial charge in [-0.1, -0.05) is 34.6 Å². The second-order valence-electron chi connectivity index (χ2n) is 7.19. The average Bonchev–Trinajstić information content (AvgIpc) is 2.69. The van der Waals surface area contributed by atoms with Gasteiger partial charge in [-0.3, -0.25) is 9.59 Å². The second-order valence-corrected chi connectivity index (χ2v) is 7.19. The summed E-state index contributed by atoms with van der Waals surface area (Å²) in [4.78, 5) is 26.2. The molecular weight excluding hydrogens is 256 g/mol. The summed E-state index contributed by atoms with van der Waals surface area (Å²) in [6, 6.07) is -0.543. The number of rotatable bonds is 4. The third-order valence-electron chi connectivity index (χ3n) is 3.49. The number of carbonyl (C=O) groups excluding carboxylic acids is 2. The van der Waals surface area contributed by atoms with E-state index in [1.165, 1.54) is 0 Å². The van der Waals surface area contributed by atoms with Crippen LogP contribution in [-0.2, 0) is 9.59 Å². The summed E-state index contributed by atoms with van der Waals surface area (Å²) in [6.07, 6.45) is 0.594. The summed E-state index contributed by atoms with van der Waals surface area (Å²) < 4.78 is 0. The van der Waals surface area contributed by atoms with Crippen LogP contribution in [0.1, 0.15) is 47.5 Å². The monoisotopic (exact) mass is 284 g/mol. The maximum atomic E-state index is 12.6. The van der Waals surface area contributed by atoms with Crippen LogP contribution >= 0.6 is 0 Å². The zero-order valence-corrected chi connectivity index (χ0v) is 13.3. The lowest BCUT2D eigenvalue weighted by molar-refractivity contribution is -0.139. The number of β-amino-alcohol motifs (C(OH)–C–C–N with tert-alkyl or cyclic N) is 1. The Bertz CT molecular complexity index is 361. The van der Waals surface area contributed by atoms with E-state index in [1.54, 1.807) is 4.90 Å². The molecule has 2 atom stereocenters. The quantitative estimate of drug-likeness (QED) is 0.814. The molecule has 0 radical (unpaired) electrons. The van der Waals surface area contributed by atoms with Crippen LogP contribution in [0.5, 0.6) is 0 Å². The van der Waals surface area contributed by atoms with Gasteiger partial charge in [0.25, 0.3) is 0 Å². The van der Waals surface area contributed by atoms with E-state index in [4.69, 9.17) is 0 Å². The van der Waals surface area contributed by atoms with Crippen molar-refractivity contribution in [3.8, 4) is 0 Å². The molecule has 0 aromatic rings. The molecule has 0 aromatic carbocycles. The van der Waals surface area contributed by atoms with Gasteiger partial charge in [0.15, 0.2) is 0 Å². The van der Waals surface area contributed by atoms with Crippen molar-refractivity contribution in [2.24, 2.45) is 11.3 Å². The van der Waals surface area contributed by atoms with E-state index in [0.717, 1.165) is 0 Å². The highest BCUT2D eigenvalue weighted by atomic mass is 16.3. The average molecular weight is 284 g/mol. The van der Waals surface area contributed by atoms with Crippen LogP contribution in [0, 0.1) is 11.3 Å². The smallest absolute Gasteiger partial charge is 0.245 e. The van der Waals surface area contributed by atoms with Gasteiger partial charge in [-0.15, -0.1) is 0 Å². The number of carbonyl (C=O) groups is 2. The molecule has 1 heterocycles. The Morgan fingerprint density at radius 2 is 1.95 bits per heavy atom. The molecule has 1 aliphatic rings. The molecule has 116 valence electrons. The fourth-order valence-electron chi connectivity index (χ4n) is 2.36. The van der Waals surface area contributed by atoms with Gasteiger partial charge in [-0.2, -0.15) is 0 Å². The topological polar surface area (TPSA) is 69.6 Å². The van der Waals surface area contributed by atoms with Gasteiger partial charge in [0, 0.05) is 19.5 Å². The molecule has 0 saturated carbocycles. The summed E-state index contributed by atoms with van der Waals surface area (Å²) >= 11 is 0. The number of aliphatic hydroxyl groups excluding tert-OH is 1. The summed E-state index contributed by atoms with van der Waals surface area (Å²) in [5.41, 5.74) is -0.350. The molecule has 20 heavy (non-hydrogen) atoms. The highest BCUT2D eigenvalue weighted by Crippen LogP contribution is 2.23. The van der Waals surface area contributed by atoms with Crippen LogP contribution in [0.15, 0.2) is 0 Å². The third-order valence-corrected chi connectivity index (χ3v) is 3.49. The second kappa shape index (κ2) is 6.57. The van der Waals surface area contributed by atoms with Crippen molar-refractivity contribution in [1.29, 1.82) is 0 Å². The van der Waals surface area contributed by atoms with Crippen molar-refractivity contribution in [2.45, 2.75) is 59.6 Å². The van der Waals surface area contributed by atoms with Gasteiger partial charge < -0.3 is 15.3 Å². The van der Waals surface area contributed by atoms with E-state index in [9.17, 15) is 14.7 Å². The molecule has 0 spiro atoms. The lowest BCUT2D eigenvalue weighted by Crippen LogP contribution is -2.54. The van der Waals surface area contributed by atoms with Gasteiger partial charge in [0.1, 0.15) is 6.04 Å². The summed E-state index contributed by atoms with van der Waals surface area (Å²) in [6.45, 7) is 10.7. The number of hydrogen-bond donors (Lipinski definition) is 2. The fraction of sp³-hybridized carbons (Fsp3) is 0.867. The largest absolute Gasteiger partial charge is 0.391 e. The van der Waals surface area contributed by atoms with E-state index in [0.29, 0.717) is 25.9 Å². The van der Waals surface area contributed by atoms with Gasteiger partial charge in [-0.25, -0.2) is 0 Å². The summed E-state index contributed by atoms with van der Waals surface area (Å²) in [7, 11) is 0. The van der Waals surface area contributed by atoms with Crippen LogP contribution in [0.25, 0.3) is 0 Å². The first kappa shape index (κ1) is 17.0. The highest BCUT2D eigenvalue weighted by Gasteiger charge is 2.37. The summed E-state index contributed by atoms with van der Waals surface area (Å²) in [5, 5.41) is 12.4. The molecule has 1 rings (SSSR count). The van der Waals surface area contributed by atoms with Crippen LogP contribution < -0.4 is 5.32 Å². The standard InChI is InChI=1S/C15H28N2O3/c1-10(2)8-12(19)16-13(15(3,4)5)14(20)17-7-6-11(18)9-17/h10-11,13,18H,6-9H2,1-5H3,(H,16,19)/t11-,13?/m1/s1. The number of nitrogens with one attached hydrogen (secondary N) is 1. The minimum atomic E-state index is -0.543. The van der Waals surface area contributed by atoms with Crippen molar-refractivity contribution in [3.63, 3.8) is 0 Å². The Kier molecular flexibility index (Phi) is 5.57. The molecule has 2 amide bonds. The van der Waals surface area contributed by atoms with E-state index in [2.05, 4.69) is 5.32 Å². The van der Waals surface area contributed by atoms with Crippen LogP contribution in [-0.4, -0.2) is 47.1 Å². The van der Waals surface area contributed by atoms with Crippen molar-refractivity contribution in [2.75, 3.05) is 13.1 Å². The molecule has 1 fully saturated rings. The maximum absolute atomic E-state index is 12.6. The zero-order chi connectivity index (χ0) is 15.5. The van der Waals surface area contributed by atoms with E-state index >= 15 is 0 Å². The minimum absolute atomic E-state index is 0.0898. The van der Waals surface area contributed by atoms with Gasteiger partial charge >= 0.3 is 0 Å². The van der Waals surface area contributed by atoms with Gasteiger partial charge in [-0.05, 0) is 17.8 Å². The Morgan fingerprint density at radius 1 is 1.35 bits per heavy atom. The third kappa shape index (κ3) is 4.78. The zero-order valence-electron chi connectivity index (χ0n) is 13.3. The number of amides is 2. The van der Waals surface area contributed by atoms with Crippen LogP contribution in [0.2, 0.25) is 0 Å². The van der Waals surface area contributed by atoms with E-state index in [-0.39, 0.29) is 23.1 Å². The van der Waals surface area contributed by atoms with E-state index < -0.39 is 12.1 Å². The molecule has 0 bridgehead atoms. The number of hydrogen-bond acceptors (Lipinski definition) is 3. The Hall–Kier alpha value is -1.10. The molecule has 1 saturated heterocycles. The fourth-order valence-corrected chi connectivity index (χ4v) is 2.36. The van der Waals surface area contributed by atoms with Crippen molar-refractivity contribution < 1.29 is 14.7 Å². The predicted molar refractivity (Wildman–Crippen MR) is 78.0 cm³/mol. The predicted octanol–water partition coefficient (Wildman–Crippen LogP) is 1.16. The highest BCUT2D eigenvalue weighted by molar-refractivity contribution is 5.88. The lowest BCUT2D eigenvalue weighted by Gasteiger charge is -2.33. The maximum Gasteiger partial charge on any atom is 0.245 e. The number of aliphatic hydroxyl groups is 1. The minimum Gasteiger partial charge on any atom is -0.391 e. The van der Waals surface area contributed by atoms with Gasteiger partial charge in [0.2, 0.25) is 11.8 Å². The molecule has 0 aliphatic carbocycles. The number of likely N-dealkylation sites (tertiary alicyclic amines) is 1. The van der Waals surface area contributed by atoms with Gasteiger partial charge in [0.05, 0.1) is 6.10 Å². The Labute approximate surface area is 121 Å². The molecule has 2 N–H and O–H groups in total. The number of nitrogens with zero attached hydrogens (tertiary/aromatic N) is 1. The van der Waals surface area contributed by atoms with Crippen LogP contribution in [0.3, 0.4) is 0 Å². The normalized spacial score (nSPS) is 21.1. The first-order chi connectivity index (χ1) is 9.11. The van der Waals surface area contributed by atoms with Crippen LogP contribution in [0.4, 0.5) is 0 Å². The molecule has 1 aliphatic heterocycles. The summed E-state index contributed by atoms with van der Waals surface area (Å²) in [5.74, 6) is 0.0819. The molecule has 1 unspecified atom stereocenters. The first-order valence-electron chi connectivity index (χ1n) is 7.37. The molecular formula is C15H28N2O3. The Balaban J connectivity index is 2.74. The van der Waals surface area contributed by atoms with E-state index in [1.807, 2.05) is 34.6 Å². The lowest BCUT2D eigenvalue weighted by atomic mass is 9.85. The van der Waals surface area contributed by atoms with Crippen molar-refractivity contribution >= 4 is 11.8 Å². The molecule has 5 nitrogen and oxygen atoms in total. The molecule has 5 heteroatoms. The first-order valence-corrected chi connectivity index (χ1v) is 7.37. The molecule has 0 aromatic heterocycles. The van der Waals surface area contributed by atoms with Crippen molar-refractivity contribution in [3.05, 3.63) is 0 Å².